The minimum Gasteiger partial charge on any atom is -0.508 e. The summed E-state index contributed by atoms with van der Waals surface area (Å²) < 4.78 is 5.50. The number of phenols is 1. The van der Waals surface area contributed by atoms with Gasteiger partial charge in [-0.15, -0.1) is 0 Å². The topological polar surface area (TPSA) is 67.5 Å². The van der Waals surface area contributed by atoms with Gasteiger partial charge in [-0.1, -0.05) is 24.3 Å². The van der Waals surface area contributed by atoms with Crippen molar-refractivity contribution in [3.05, 3.63) is 64.9 Å². The lowest BCUT2D eigenvalue weighted by Crippen LogP contribution is -2.19. The summed E-state index contributed by atoms with van der Waals surface area (Å²) in [4.78, 5) is 24.9. The summed E-state index contributed by atoms with van der Waals surface area (Å²) in [6, 6.07) is 11.1. The summed E-state index contributed by atoms with van der Waals surface area (Å²) in [6.07, 6.45) is 0. The Morgan fingerprint density at radius 1 is 0.900 bits per heavy atom. The average Bonchev–Trinajstić information content (AvgIpc) is 2.84. The van der Waals surface area contributed by atoms with Gasteiger partial charge in [-0.2, -0.15) is 0 Å². The van der Waals surface area contributed by atoms with Crippen molar-refractivity contribution in [2.75, 3.05) is 0 Å². The van der Waals surface area contributed by atoms with Crippen molar-refractivity contribution in [1.29, 1.82) is 0 Å². The van der Waals surface area contributed by atoms with Crippen LogP contribution in [0.3, 0.4) is 0 Å². The summed E-state index contributed by atoms with van der Waals surface area (Å²) in [5.41, 5.74) is 1.38. The quantitative estimate of drug-likeness (QED) is 0.530. The maximum absolute atomic E-state index is 12.5. The first-order valence-corrected chi connectivity index (χ1v) is 6.11. The van der Waals surface area contributed by atoms with Gasteiger partial charge in [0.15, 0.2) is 11.5 Å². The van der Waals surface area contributed by atoms with E-state index in [0.29, 0.717) is 22.1 Å². The van der Waals surface area contributed by atoms with E-state index >= 15 is 0 Å². The third kappa shape index (κ3) is 1.25. The van der Waals surface area contributed by atoms with E-state index in [1.54, 1.807) is 30.3 Å². The molecule has 96 valence electrons. The molecular formula is C16H8O4. The van der Waals surface area contributed by atoms with Gasteiger partial charge < -0.3 is 9.52 Å². The predicted octanol–water partition coefficient (Wildman–Crippen LogP) is 2.91. The molecule has 0 saturated heterocycles. The maximum atomic E-state index is 12.5. The van der Waals surface area contributed by atoms with Crippen LogP contribution in [0.2, 0.25) is 0 Å². The van der Waals surface area contributed by atoms with Gasteiger partial charge in [-0.25, -0.2) is 0 Å². The largest absolute Gasteiger partial charge is 0.508 e. The van der Waals surface area contributed by atoms with Crippen LogP contribution in [0.25, 0.3) is 11.0 Å². The highest BCUT2D eigenvalue weighted by Gasteiger charge is 2.34. The fourth-order valence-corrected chi connectivity index (χ4v) is 2.61. The number of fused-ring (bicyclic) bond motifs is 4. The molecule has 3 aromatic rings. The first-order chi connectivity index (χ1) is 9.66. The smallest absolute Gasteiger partial charge is 0.229 e. The molecule has 4 rings (SSSR count). The predicted molar refractivity (Wildman–Crippen MR) is 71.2 cm³/mol. The van der Waals surface area contributed by atoms with Gasteiger partial charge in [0.25, 0.3) is 0 Å². The number of benzene rings is 2. The molecule has 1 aliphatic carbocycles. The van der Waals surface area contributed by atoms with Crippen LogP contribution in [0, 0.1) is 0 Å². The lowest BCUT2D eigenvalue weighted by atomic mass is 9.87. The highest BCUT2D eigenvalue weighted by Crippen LogP contribution is 2.35. The average molecular weight is 264 g/mol. The lowest BCUT2D eigenvalue weighted by Gasteiger charge is -2.12. The molecule has 0 aliphatic heterocycles. The van der Waals surface area contributed by atoms with Crippen molar-refractivity contribution in [2.45, 2.75) is 0 Å². The number of hydrogen-bond donors (Lipinski definition) is 1. The maximum Gasteiger partial charge on any atom is 0.229 e. The van der Waals surface area contributed by atoms with Gasteiger partial charge in [0.2, 0.25) is 5.78 Å². The molecule has 2 aromatic carbocycles. The summed E-state index contributed by atoms with van der Waals surface area (Å²) in [5.74, 6) is -0.472. The van der Waals surface area contributed by atoms with Gasteiger partial charge in [-0.05, 0) is 18.2 Å². The number of hydrogen-bond acceptors (Lipinski definition) is 4. The Bertz CT molecular complexity index is 902. The number of aromatic hydroxyl groups is 1. The molecule has 0 unspecified atom stereocenters. The molecule has 0 bridgehead atoms. The van der Waals surface area contributed by atoms with Crippen LogP contribution in [0.5, 0.6) is 5.75 Å². The van der Waals surface area contributed by atoms with Gasteiger partial charge in [0.05, 0.1) is 5.56 Å². The van der Waals surface area contributed by atoms with Crippen molar-refractivity contribution in [1.82, 2.24) is 0 Å². The first-order valence-electron chi connectivity index (χ1n) is 6.11. The monoisotopic (exact) mass is 264 g/mol. The van der Waals surface area contributed by atoms with E-state index in [4.69, 9.17) is 4.42 Å². The van der Waals surface area contributed by atoms with Gasteiger partial charge >= 0.3 is 0 Å². The summed E-state index contributed by atoms with van der Waals surface area (Å²) in [5, 5.41) is 10.0. The van der Waals surface area contributed by atoms with E-state index in [1.165, 1.54) is 12.1 Å². The van der Waals surface area contributed by atoms with Crippen LogP contribution in [0.4, 0.5) is 0 Å². The van der Waals surface area contributed by atoms with Crippen LogP contribution >= 0.6 is 0 Å². The molecular weight excluding hydrogens is 256 g/mol. The number of carbonyl (C=O) groups is 2. The molecule has 0 atom stereocenters. The third-order valence-corrected chi connectivity index (χ3v) is 3.52. The lowest BCUT2D eigenvalue weighted by molar-refractivity contribution is 0.0962. The minimum absolute atomic E-state index is 0.0280. The minimum atomic E-state index is -0.300. The molecule has 1 N–H and O–H groups in total. The molecule has 0 saturated carbocycles. The van der Waals surface area contributed by atoms with Crippen molar-refractivity contribution < 1.29 is 19.1 Å². The fraction of sp³-hybridized carbons (Fsp3) is 0. The number of furan rings is 1. The van der Waals surface area contributed by atoms with Crippen molar-refractivity contribution in [2.24, 2.45) is 0 Å². The molecule has 4 heteroatoms. The first kappa shape index (κ1) is 11.0. The fourth-order valence-electron chi connectivity index (χ4n) is 2.61. The van der Waals surface area contributed by atoms with Crippen molar-refractivity contribution in [3.8, 4) is 5.75 Å². The molecule has 0 spiro atoms. The third-order valence-electron chi connectivity index (χ3n) is 3.52. The van der Waals surface area contributed by atoms with E-state index in [9.17, 15) is 14.7 Å². The van der Waals surface area contributed by atoms with Crippen LogP contribution in [-0.4, -0.2) is 16.7 Å². The Morgan fingerprint density at radius 3 is 2.35 bits per heavy atom. The van der Waals surface area contributed by atoms with Gasteiger partial charge in [-0.3, -0.25) is 9.59 Å². The second-order valence-corrected chi connectivity index (χ2v) is 4.69. The number of ketones is 2. The van der Waals surface area contributed by atoms with Crippen LogP contribution < -0.4 is 0 Å². The number of carbonyl (C=O) groups excluding carboxylic acids is 2. The molecule has 1 heterocycles. The number of phenolic OH excluding ortho intramolecular Hbond substituents is 1. The molecule has 20 heavy (non-hydrogen) atoms. The molecule has 0 fully saturated rings. The molecule has 1 aliphatic rings. The second-order valence-electron chi connectivity index (χ2n) is 4.69. The highest BCUT2D eigenvalue weighted by molar-refractivity contribution is 6.31. The molecule has 0 radical (unpaired) electrons. The second kappa shape index (κ2) is 3.57. The molecule has 1 aromatic heterocycles. The SMILES string of the molecule is O=C1c2ccccc2C(=O)c2c1oc1ccc(O)cc21. The zero-order valence-electron chi connectivity index (χ0n) is 10.2. The van der Waals surface area contributed by atoms with Crippen LogP contribution in [-0.2, 0) is 0 Å². The van der Waals surface area contributed by atoms with E-state index in [2.05, 4.69) is 0 Å². The van der Waals surface area contributed by atoms with Crippen LogP contribution in [0.15, 0.2) is 46.9 Å². The van der Waals surface area contributed by atoms with E-state index in [-0.39, 0.29) is 28.6 Å². The van der Waals surface area contributed by atoms with Gasteiger partial charge in [0.1, 0.15) is 11.3 Å². The van der Waals surface area contributed by atoms with E-state index in [0.717, 1.165) is 0 Å². The Morgan fingerprint density at radius 2 is 1.60 bits per heavy atom. The van der Waals surface area contributed by atoms with Crippen LogP contribution in [0.1, 0.15) is 32.0 Å². The Labute approximate surface area is 113 Å². The van der Waals surface area contributed by atoms with Crippen molar-refractivity contribution >= 4 is 22.5 Å². The standard InChI is InChI=1S/C16H8O4/c17-8-5-6-12-11(7-8)13-14(18)9-3-1-2-4-10(9)15(19)16(13)20-12/h1-7,17H. The number of rotatable bonds is 0. The van der Waals surface area contributed by atoms with Gasteiger partial charge in [0, 0.05) is 16.5 Å². The highest BCUT2D eigenvalue weighted by atomic mass is 16.3. The Balaban J connectivity index is 2.12. The van der Waals surface area contributed by atoms with E-state index in [1.807, 2.05) is 0 Å². The van der Waals surface area contributed by atoms with E-state index < -0.39 is 0 Å². The molecule has 4 nitrogen and oxygen atoms in total. The normalized spacial score (nSPS) is 13.4. The zero-order valence-corrected chi connectivity index (χ0v) is 10.2. The summed E-state index contributed by atoms with van der Waals surface area (Å²) in [7, 11) is 0. The summed E-state index contributed by atoms with van der Waals surface area (Å²) in [6.45, 7) is 0. The van der Waals surface area contributed by atoms with Crippen molar-refractivity contribution in [3.63, 3.8) is 0 Å². The molecule has 0 amide bonds. The Hall–Kier alpha value is -2.88. The summed E-state index contributed by atoms with van der Waals surface area (Å²) >= 11 is 0. The Kier molecular flexibility index (Phi) is 1.96. The zero-order chi connectivity index (χ0) is 13.9.